The van der Waals surface area contributed by atoms with Gasteiger partial charge in [-0.2, -0.15) is 9.97 Å². The van der Waals surface area contributed by atoms with Gasteiger partial charge in [-0.05, 0) is 6.07 Å². The largest absolute Gasteiger partial charge is 0.472 e. The number of phosphoric ester groups is 3. The Bertz CT molecular complexity index is 3720. The highest BCUT2D eigenvalue weighted by Gasteiger charge is 2.48. The molecule has 4 saturated heterocycles. The van der Waals surface area contributed by atoms with E-state index in [1.165, 1.54) is 57.6 Å². The van der Waals surface area contributed by atoms with E-state index in [4.69, 9.17) is 69.0 Å². The second kappa shape index (κ2) is 21.8. The molecule has 4 aliphatic rings. The molecule has 11 rings (SSSR count). The van der Waals surface area contributed by atoms with Crippen LogP contribution in [0.3, 0.4) is 0 Å². The van der Waals surface area contributed by atoms with E-state index in [0.29, 0.717) is 5.65 Å². The van der Waals surface area contributed by atoms with Gasteiger partial charge in [0.25, 0.3) is 5.56 Å². The third kappa shape index (κ3) is 11.5. The van der Waals surface area contributed by atoms with Crippen molar-refractivity contribution in [2.75, 3.05) is 49.4 Å². The number of nitrogens with two attached hydrogens (primary N) is 4. The zero-order valence-corrected chi connectivity index (χ0v) is 43.6. The minimum absolute atomic E-state index is 0.0150. The van der Waals surface area contributed by atoms with Crippen LogP contribution in [0.1, 0.15) is 50.6 Å². The molecule has 7 aromatic heterocycles. The van der Waals surface area contributed by atoms with Crippen LogP contribution in [-0.2, 0) is 59.8 Å². The van der Waals surface area contributed by atoms with Crippen molar-refractivity contribution in [1.29, 1.82) is 0 Å². The highest BCUT2D eigenvalue weighted by Crippen LogP contribution is 2.54. The van der Waals surface area contributed by atoms with E-state index in [0.717, 1.165) is 4.57 Å². The molecule has 4 fully saturated rings. The van der Waals surface area contributed by atoms with Crippen LogP contribution < -0.4 is 34.2 Å². The third-order valence-corrected chi connectivity index (χ3v) is 16.3. The second-order valence-corrected chi connectivity index (χ2v) is 22.6. The molecular weight excluding hydrogens is 1130 g/mol. The first-order chi connectivity index (χ1) is 38.1. The van der Waals surface area contributed by atoms with Crippen molar-refractivity contribution in [2.45, 2.75) is 99.4 Å². The van der Waals surface area contributed by atoms with E-state index in [-0.39, 0.29) is 70.5 Å². The van der Waals surface area contributed by atoms with E-state index >= 15 is 0 Å². The summed E-state index contributed by atoms with van der Waals surface area (Å²) in [5.74, 6) is -0.237. The fraction of sp³-hybridized carbons (Fsp3) is 0.513. The number of aliphatic hydroxyl groups excluding tert-OH is 2. The molecule has 4 aliphatic heterocycles. The van der Waals surface area contributed by atoms with Crippen LogP contribution in [0.4, 0.5) is 23.4 Å². The maximum absolute atomic E-state index is 14.0. The average molecular weight is 1180 g/mol. The molecule has 14 N–H and O–H groups in total. The molecule has 0 bridgehead atoms. The summed E-state index contributed by atoms with van der Waals surface area (Å²) in [7, 11) is -15.7. The number of nitrogens with zero attached hydrogens (tertiary/aromatic N) is 13. The van der Waals surface area contributed by atoms with Crippen LogP contribution in [0.15, 0.2) is 53.5 Å². The quantitative estimate of drug-likeness (QED) is 0.0384. The first kappa shape index (κ1) is 55.5. The molecule has 430 valence electrons. The predicted molar refractivity (Wildman–Crippen MR) is 264 cm³/mol. The lowest BCUT2D eigenvalue weighted by Crippen LogP contribution is -2.31. The number of imidazole rings is 3. The number of rotatable bonds is 20. The monoisotopic (exact) mass is 1180 g/mol. The Labute approximate surface area is 445 Å². The second-order valence-electron chi connectivity index (χ2n) is 18.4. The van der Waals surface area contributed by atoms with Gasteiger partial charge in [-0.1, -0.05) is 0 Å². The summed E-state index contributed by atoms with van der Waals surface area (Å²) >= 11 is 0. The highest BCUT2D eigenvalue weighted by atomic mass is 31.2. The van der Waals surface area contributed by atoms with E-state index in [1.54, 1.807) is 0 Å². The molecule has 15 atom stereocenters. The van der Waals surface area contributed by atoms with Crippen LogP contribution >= 0.6 is 23.5 Å². The number of hydrogen-bond acceptors (Lipinski definition) is 30. The summed E-state index contributed by atoms with van der Waals surface area (Å²) in [5.41, 5.74) is 22.6. The predicted octanol–water partition coefficient (Wildman–Crippen LogP) is -1.61. The van der Waals surface area contributed by atoms with Gasteiger partial charge in [0.05, 0.1) is 51.5 Å². The molecule has 11 heterocycles. The minimum Gasteiger partial charge on any atom is -0.394 e. The molecule has 0 aliphatic carbocycles. The Balaban J connectivity index is 0.775. The summed E-state index contributed by atoms with van der Waals surface area (Å²) < 4.78 is 103. The van der Waals surface area contributed by atoms with Crippen molar-refractivity contribution in [3.8, 4) is 0 Å². The van der Waals surface area contributed by atoms with E-state index in [9.17, 15) is 48.2 Å². The van der Waals surface area contributed by atoms with Crippen LogP contribution in [0.5, 0.6) is 0 Å². The van der Waals surface area contributed by atoms with Crippen molar-refractivity contribution in [3.05, 3.63) is 64.7 Å². The van der Waals surface area contributed by atoms with Crippen molar-refractivity contribution in [2.24, 2.45) is 0 Å². The summed E-state index contributed by atoms with van der Waals surface area (Å²) in [4.78, 5) is 97.7. The van der Waals surface area contributed by atoms with Crippen LogP contribution in [0, 0.1) is 0 Å². The minimum atomic E-state index is -5.36. The lowest BCUT2D eigenvalue weighted by molar-refractivity contribution is -0.0627. The molecule has 41 heteroatoms. The maximum atomic E-state index is 14.0. The standard InChI is InChI=1S/C39H49N18O20P3/c40-24-1-2-54(39(61)51-24)26-5-18(22(73-26)9-69-79(64,65)75-17-4-27(71-20(17)7-58)56-14-49-30-33(42)45-12-47-35(30)56)76-80(66,67)70-10-23-19(6-28(74-23)57-15-50-31-36(57)52-38(43)53-37(31)60)77-78(62,63)68-8-21-16(59)3-25(72-21)55-13-48-29-32(41)44-11-46-34(29)55/h1-2,11-23,25-28,58-59H,3-10H2,(H,62,63)(H,64,65)(H,66,67)(H2,40,51,61)(H2,41,44,46)(H2,42,45,47)(H3,43,52,53,60)/t16-,17-,18-,19-,20+,21+,22+,23+,25+,26+,27+,28+/m0/s1. The lowest BCUT2D eigenvalue weighted by Gasteiger charge is -2.25. The SMILES string of the molecule is Nc1ccn([C@H]2C[C@H](OP(=O)(O)OC[C@H]3O[C@@H](n4cnc5c(=O)[nH]c(N)nc54)C[C@@H]3OP(=O)(O)OC[C@H]3O[C@@H](n4cnc5c(N)ncnc54)C[C@@H]3O)[C@@H](COP(=O)(O)O[C@H]3C[C@H](n4cnc5c(N)ncnc54)O[C@@H]3CO)O2)c(=O)n1. The number of ether oxygens (including phenoxy) is 4. The maximum Gasteiger partial charge on any atom is 0.472 e. The number of aromatic nitrogens is 14. The zero-order chi connectivity index (χ0) is 56.4. The van der Waals surface area contributed by atoms with Gasteiger partial charge in [-0.3, -0.25) is 55.2 Å². The number of anilines is 4. The number of nitrogens with one attached hydrogen (secondary N) is 1. The molecule has 38 nitrogen and oxygen atoms in total. The molecule has 0 saturated carbocycles. The molecule has 0 amide bonds. The van der Waals surface area contributed by atoms with Gasteiger partial charge in [0.1, 0.15) is 97.1 Å². The normalized spacial score (nSPS) is 29.4. The summed E-state index contributed by atoms with van der Waals surface area (Å²) in [6, 6.07) is 1.27. The van der Waals surface area contributed by atoms with E-state index in [2.05, 4.69) is 49.8 Å². The first-order valence-electron chi connectivity index (χ1n) is 23.9. The molecule has 7 aromatic rings. The summed E-state index contributed by atoms with van der Waals surface area (Å²) in [6.07, 6.45) is -8.65. The van der Waals surface area contributed by atoms with Gasteiger partial charge in [-0.25, -0.2) is 53.4 Å². The Hall–Kier alpha value is -6.38. The number of aromatic amines is 1. The molecule has 80 heavy (non-hydrogen) atoms. The number of phosphoric acid groups is 3. The number of hydrogen-bond donors (Lipinski definition) is 10. The average Bonchev–Trinajstić information content (AvgIpc) is 4.30. The van der Waals surface area contributed by atoms with Gasteiger partial charge in [0.2, 0.25) is 5.95 Å². The Morgan fingerprint density at radius 1 is 0.575 bits per heavy atom. The topological polar surface area (TPSA) is 534 Å². The van der Waals surface area contributed by atoms with Crippen LogP contribution in [0.2, 0.25) is 0 Å². The van der Waals surface area contributed by atoms with E-state index < -0.39 is 141 Å². The third-order valence-electron chi connectivity index (χ3n) is 13.3. The number of fused-ring (bicyclic) bond motifs is 3. The van der Waals surface area contributed by atoms with Crippen molar-refractivity contribution in [3.63, 3.8) is 0 Å². The van der Waals surface area contributed by atoms with Gasteiger partial charge in [0.15, 0.2) is 34.1 Å². The lowest BCUT2D eigenvalue weighted by atomic mass is 10.2. The number of H-pyrrole nitrogens is 1. The first-order valence-corrected chi connectivity index (χ1v) is 28.4. The fourth-order valence-corrected chi connectivity index (χ4v) is 12.4. The molecule has 3 unspecified atom stereocenters. The van der Waals surface area contributed by atoms with Gasteiger partial charge < -0.3 is 66.8 Å². The van der Waals surface area contributed by atoms with Crippen LogP contribution in [-0.4, -0.2) is 168 Å². The zero-order valence-electron chi connectivity index (χ0n) is 41.0. The number of nitrogen functional groups attached to an aromatic ring is 4. The highest BCUT2D eigenvalue weighted by molar-refractivity contribution is 7.48. The smallest absolute Gasteiger partial charge is 0.394 e. The van der Waals surface area contributed by atoms with Gasteiger partial charge >= 0.3 is 29.2 Å². The van der Waals surface area contributed by atoms with Crippen molar-refractivity contribution in [1.82, 2.24) is 68.1 Å². The Kier molecular flexibility index (Phi) is 15.2. The van der Waals surface area contributed by atoms with Gasteiger partial charge in [-0.15, -0.1) is 0 Å². The fourth-order valence-electron chi connectivity index (χ4n) is 9.51. The summed E-state index contributed by atoms with van der Waals surface area (Å²) in [6.45, 7) is -3.17. The van der Waals surface area contributed by atoms with Gasteiger partial charge in [0, 0.05) is 31.9 Å². The van der Waals surface area contributed by atoms with Crippen molar-refractivity contribution >= 4 is 80.4 Å². The molecule has 0 spiro atoms. The van der Waals surface area contributed by atoms with Crippen molar-refractivity contribution < 1.29 is 84.7 Å². The molecular formula is C39H49N18O20P3. The van der Waals surface area contributed by atoms with Crippen LogP contribution in [0.25, 0.3) is 33.5 Å². The number of aliphatic hydroxyl groups is 2. The van der Waals surface area contributed by atoms with E-state index in [1.807, 2.05) is 0 Å². The molecule has 0 aromatic carbocycles. The Morgan fingerprint density at radius 3 is 1.52 bits per heavy atom. The Morgan fingerprint density at radius 2 is 1.01 bits per heavy atom. The summed E-state index contributed by atoms with van der Waals surface area (Å²) in [5, 5.41) is 21.0. The molecule has 0 radical (unpaired) electrons.